The van der Waals surface area contributed by atoms with Crippen LogP contribution < -0.4 is 0 Å². The van der Waals surface area contributed by atoms with Gasteiger partial charge in [-0.2, -0.15) is 0 Å². The SMILES string of the molecule is COC(=O)[C@H](O)[C@@H]1[C@@]2(C)[C@H]3CC[C@@]4(C)[C@H](c5ccoc5)OC(=O)C[C@@]45O[C@@]4(OC)C(=O)[C@]1(C)C[C@]2(OC(C)=O)[C@H]4[C@@]35O. The van der Waals surface area contributed by atoms with Crippen LogP contribution >= 0.6 is 0 Å². The second kappa shape index (κ2) is 7.82. The summed E-state index contributed by atoms with van der Waals surface area (Å²) >= 11 is 0. The normalized spacial score (nSPS) is 52.0. The number of hydrogen-bond donors (Lipinski definition) is 2. The fraction of sp³-hybridized carbons (Fsp3) is 0.733. The lowest BCUT2D eigenvalue weighted by Gasteiger charge is -2.63. The minimum atomic E-state index is -2.18. The van der Waals surface area contributed by atoms with Crippen molar-refractivity contribution in [1.29, 1.82) is 0 Å². The van der Waals surface area contributed by atoms with Crippen molar-refractivity contribution in [2.75, 3.05) is 14.2 Å². The highest BCUT2D eigenvalue weighted by Crippen LogP contribution is 2.88. The molecule has 7 rings (SSSR count). The fourth-order valence-corrected chi connectivity index (χ4v) is 11.5. The highest BCUT2D eigenvalue weighted by molar-refractivity contribution is 5.97. The molecule has 0 radical (unpaired) electrons. The molecule has 6 fully saturated rings. The van der Waals surface area contributed by atoms with Crippen LogP contribution in [0.4, 0.5) is 0 Å². The molecule has 2 bridgehead atoms. The van der Waals surface area contributed by atoms with Gasteiger partial charge in [0.05, 0.1) is 32.0 Å². The number of methoxy groups -OCH3 is 2. The van der Waals surface area contributed by atoms with Crippen LogP contribution in [0.1, 0.15) is 65.0 Å². The van der Waals surface area contributed by atoms with E-state index in [1.807, 2.05) is 6.92 Å². The van der Waals surface area contributed by atoms with E-state index in [9.17, 15) is 29.4 Å². The van der Waals surface area contributed by atoms with Gasteiger partial charge in [0.2, 0.25) is 5.79 Å². The number of ketones is 1. The van der Waals surface area contributed by atoms with E-state index in [1.54, 1.807) is 19.9 Å². The van der Waals surface area contributed by atoms with Crippen molar-refractivity contribution in [2.45, 2.75) is 88.2 Å². The summed E-state index contributed by atoms with van der Waals surface area (Å²) in [6.07, 6.45) is 0.421. The first-order valence-electron chi connectivity index (χ1n) is 14.3. The van der Waals surface area contributed by atoms with E-state index in [0.29, 0.717) is 18.4 Å². The van der Waals surface area contributed by atoms with Gasteiger partial charge in [-0.3, -0.25) is 14.4 Å². The third-order valence-corrected chi connectivity index (χ3v) is 12.6. The van der Waals surface area contributed by atoms with E-state index in [4.69, 9.17) is 28.1 Å². The molecule has 3 heterocycles. The van der Waals surface area contributed by atoms with Crippen LogP contribution in [0.15, 0.2) is 23.0 Å². The van der Waals surface area contributed by atoms with Crippen molar-refractivity contribution in [1.82, 2.24) is 0 Å². The van der Waals surface area contributed by atoms with Gasteiger partial charge in [0.1, 0.15) is 22.9 Å². The Morgan fingerprint density at radius 1 is 1.17 bits per heavy atom. The Kier molecular flexibility index (Phi) is 5.22. The minimum absolute atomic E-state index is 0.0893. The summed E-state index contributed by atoms with van der Waals surface area (Å²) in [6, 6.07) is 1.68. The Bertz CT molecular complexity index is 1420. The van der Waals surface area contributed by atoms with Crippen molar-refractivity contribution < 1.29 is 57.5 Å². The number of ether oxygens (including phenoxy) is 5. The van der Waals surface area contributed by atoms with Crippen LogP contribution in [0.5, 0.6) is 0 Å². The van der Waals surface area contributed by atoms with Crippen molar-refractivity contribution in [2.24, 2.45) is 34.0 Å². The summed E-state index contributed by atoms with van der Waals surface area (Å²) < 4.78 is 35.4. The Hall–Kier alpha value is -2.80. The molecule has 2 aliphatic heterocycles. The zero-order valence-electron chi connectivity index (χ0n) is 24.4. The lowest BCUT2D eigenvalue weighted by molar-refractivity contribution is -0.329. The van der Waals surface area contributed by atoms with Crippen LogP contribution in [-0.4, -0.2) is 76.8 Å². The summed E-state index contributed by atoms with van der Waals surface area (Å²) in [5, 5.41) is 25.0. The molecule has 12 nitrogen and oxygen atoms in total. The van der Waals surface area contributed by atoms with Gasteiger partial charge < -0.3 is 38.3 Å². The van der Waals surface area contributed by atoms with Gasteiger partial charge in [-0.15, -0.1) is 0 Å². The molecule has 6 aliphatic rings. The molecule has 1 aromatic rings. The monoisotopic (exact) mass is 588 g/mol. The number of aliphatic hydroxyl groups excluding tert-OH is 1. The second-order valence-corrected chi connectivity index (χ2v) is 13.8. The average molecular weight is 589 g/mol. The first-order chi connectivity index (χ1) is 19.6. The predicted molar refractivity (Wildman–Crippen MR) is 137 cm³/mol. The number of carbonyl (C=O) groups is 4. The summed E-state index contributed by atoms with van der Waals surface area (Å²) in [5.41, 5.74) is -8.73. The van der Waals surface area contributed by atoms with Gasteiger partial charge in [-0.05, 0) is 18.9 Å². The molecule has 0 aromatic carbocycles. The van der Waals surface area contributed by atoms with E-state index < -0.39 is 98.9 Å². The molecule has 12 atom stereocenters. The smallest absolute Gasteiger partial charge is 0.335 e. The molecule has 1 aromatic heterocycles. The molecule has 4 aliphatic carbocycles. The lowest BCUT2D eigenvalue weighted by atomic mass is 9.45. The zero-order chi connectivity index (χ0) is 30.5. The van der Waals surface area contributed by atoms with Crippen LogP contribution in [0.3, 0.4) is 0 Å². The minimum Gasteiger partial charge on any atom is -0.472 e. The molecule has 0 amide bonds. The van der Waals surface area contributed by atoms with E-state index >= 15 is 0 Å². The summed E-state index contributed by atoms with van der Waals surface area (Å²) in [4.78, 5) is 54.3. The lowest BCUT2D eigenvalue weighted by Crippen LogP contribution is -2.73. The molecule has 2 saturated heterocycles. The number of cyclic esters (lactones) is 1. The number of aliphatic hydroxyl groups is 2. The number of rotatable bonds is 5. The largest absolute Gasteiger partial charge is 0.472 e. The van der Waals surface area contributed by atoms with Gasteiger partial charge in [0.25, 0.3) is 0 Å². The molecule has 4 saturated carbocycles. The van der Waals surface area contributed by atoms with E-state index in [-0.39, 0.29) is 6.42 Å². The second-order valence-electron chi connectivity index (χ2n) is 13.8. The van der Waals surface area contributed by atoms with E-state index in [2.05, 4.69) is 0 Å². The van der Waals surface area contributed by atoms with Gasteiger partial charge in [0, 0.05) is 54.1 Å². The topological polar surface area (TPSA) is 168 Å². The Morgan fingerprint density at radius 2 is 1.88 bits per heavy atom. The highest BCUT2D eigenvalue weighted by atomic mass is 16.7. The van der Waals surface area contributed by atoms with Crippen LogP contribution in [0, 0.1) is 34.0 Å². The van der Waals surface area contributed by atoms with Crippen molar-refractivity contribution in [3.05, 3.63) is 24.2 Å². The number of furan rings is 1. The van der Waals surface area contributed by atoms with Gasteiger partial charge in [-0.25, -0.2) is 4.79 Å². The van der Waals surface area contributed by atoms with Crippen LogP contribution in [0.25, 0.3) is 0 Å². The summed E-state index contributed by atoms with van der Waals surface area (Å²) in [6.45, 7) is 6.48. The molecule has 12 heteroatoms. The van der Waals surface area contributed by atoms with Crippen molar-refractivity contribution >= 4 is 23.7 Å². The summed E-state index contributed by atoms with van der Waals surface area (Å²) in [5.74, 6) is -8.27. The third kappa shape index (κ3) is 2.48. The molecule has 228 valence electrons. The predicted octanol–water partition coefficient (Wildman–Crippen LogP) is 1.61. The van der Waals surface area contributed by atoms with Gasteiger partial charge in [-0.1, -0.05) is 20.8 Å². The van der Waals surface area contributed by atoms with Crippen molar-refractivity contribution in [3.63, 3.8) is 0 Å². The number of hydrogen-bond acceptors (Lipinski definition) is 12. The summed E-state index contributed by atoms with van der Waals surface area (Å²) in [7, 11) is 2.42. The maximum absolute atomic E-state index is 14.9. The zero-order valence-corrected chi connectivity index (χ0v) is 24.4. The number of Topliss-reactive ketones (excluding diaryl/α,β-unsaturated/α-hetero) is 1. The standard InChI is InChI=1S/C30H36O12/c1-14(31)41-27-13-24(2)19(18(33)21(34)37-5)26(27,4)16-7-9-25(3)20(15-8-10-39-12-15)40-17(32)11-28(25)29(16,36)22(27)30(38-6,42-28)23(24)35/h8,10,12,16,18-20,22,33,36H,7,9,11,13H2,1-6H3/t16-,18-,19+,20+,22+,24-,25+,26-,27+,28-,29+,30-/m1/s1. The molecular formula is C30H36O12. The Labute approximate surface area is 241 Å². The highest BCUT2D eigenvalue weighted by Gasteiger charge is 3.00. The fourth-order valence-electron chi connectivity index (χ4n) is 11.5. The molecular weight excluding hydrogens is 552 g/mol. The Morgan fingerprint density at radius 3 is 2.48 bits per heavy atom. The third-order valence-electron chi connectivity index (χ3n) is 12.6. The number of esters is 3. The first-order valence-corrected chi connectivity index (χ1v) is 14.3. The van der Waals surface area contributed by atoms with Crippen LogP contribution in [0.2, 0.25) is 0 Å². The van der Waals surface area contributed by atoms with E-state index in [1.165, 1.54) is 26.6 Å². The van der Waals surface area contributed by atoms with Crippen LogP contribution in [-0.2, 0) is 42.9 Å². The number of carbonyl (C=O) groups excluding carboxylic acids is 4. The van der Waals surface area contributed by atoms with Gasteiger partial charge in [0.15, 0.2) is 11.9 Å². The maximum Gasteiger partial charge on any atom is 0.335 e. The van der Waals surface area contributed by atoms with Crippen molar-refractivity contribution in [3.8, 4) is 0 Å². The number of fused-ring (bicyclic) bond motifs is 2. The maximum atomic E-state index is 14.9. The molecule has 2 N–H and O–H groups in total. The van der Waals surface area contributed by atoms with Gasteiger partial charge >= 0.3 is 17.9 Å². The quantitative estimate of drug-likeness (QED) is 0.377. The molecule has 0 unspecified atom stereocenters. The average Bonchev–Trinajstić information content (AvgIpc) is 3.61. The molecule has 1 spiro atoms. The molecule has 42 heavy (non-hydrogen) atoms. The Balaban J connectivity index is 1.57. The first kappa shape index (κ1) is 28.0. The van der Waals surface area contributed by atoms with E-state index in [0.717, 1.165) is 7.11 Å².